The quantitative estimate of drug-likeness (QED) is 0.551. The Bertz CT molecular complexity index is 484. The van der Waals surface area contributed by atoms with E-state index >= 15 is 0 Å². The Labute approximate surface area is 120 Å². The number of hydrogen-bond donors (Lipinski definition) is 0. The van der Waals surface area contributed by atoms with Crippen LogP contribution in [0.5, 0.6) is 0 Å². The van der Waals surface area contributed by atoms with E-state index in [4.69, 9.17) is 11.6 Å². The second-order valence-electron chi connectivity index (χ2n) is 4.19. The average molecular weight is 362 g/mol. The van der Waals surface area contributed by atoms with E-state index in [9.17, 15) is 4.79 Å². The van der Waals surface area contributed by atoms with Gasteiger partial charge >= 0.3 is 0 Å². The highest BCUT2D eigenvalue weighted by Gasteiger charge is 2.18. The summed E-state index contributed by atoms with van der Waals surface area (Å²) in [5, 5.41) is 0.640. The predicted molar refractivity (Wildman–Crippen MR) is 78.4 cm³/mol. The molecule has 2 rings (SSSR count). The Morgan fingerprint density at radius 3 is 2.88 bits per heavy atom. The molecule has 0 spiro atoms. The molecule has 2 nitrogen and oxygen atoms in total. The summed E-state index contributed by atoms with van der Waals surface area (Å²) < 4.78 is 0.968. The van der Waals surface area contributed by atoms with Crippen molar-refractivity contribution in [3.05, 3.63) is 44.0 Å². The molecule has 0 aliphatic carbocycles. The molecule has 0 aromatic heterocycles. The summed E-state index contributed by atoms with van der Waals surface area (Å²) in [7, 11) is 0. The van der Waals surface area contributed by atoms with Gasteiger partial charge in [-0.15, -0.1) is 0 Å². The zero-order chi connectivity index (χ0) is 12.4. The lowest BCUT2D eigenvalue weighted by molar-refractivity contribution is 0.0766. The lowest BCUT2D eigenvalue weighted by atomic mass is 10.1. The second kappa shape index (κ2) is 5.40. The van der Waals surface area contributed by atoms with Crippen molar-refractivity contribution in [3.63, 3.8) is 0 Å². The van der Waals surface area contributed by atoms with Gasteiger partial charge in [-0.05, 0) is 54.1 Å². The first-order valence-electron chi connectivity index (χ1n) is 5.48. The maximum Gasteiger partial charge on any atom is 0.254 e. The molecule has 1 heterocycles. The summed E-state index contributed by atoms with van der Waals surface area (Å²) in [5.74, 6) is 0.0655. The molecule has 0 unspecified atom stereocenters. The molecule has 1 aliphatic rings. The Morgan fingerprint density at radius 1 is 1.47 bits per heavy atom. The minimum atomic E-state index is 0.0655. The van der Waals surface area contributed by atoms with Crippen molar-refractivity contribution in [3.8, 4) is 0 Å². The third kappa shape index (κ3) is 3.01. The fourth-order valence-electron chi connectivity index (χ4n) is 1.90. The van der Waals surface area contributed by atoms with Gasteiger partial charge in [0.05, 0.1) is 5.02 Å². The minimum Gasteiger partial charge on any atom is -0.334 e. The van der Waals surface area contributed by atoms with E-state index in [2.05, 4.69) is 35.6 Å². The molecule has 0 N–H and O–H groups in total. The zero-order valence-corrected chi connectivity index (χ0v) is 12.5. The molecule has 4 heteroatoms. The van der Waals surface area contributed by atoms with E-state index < -0.39 is 0 Å². The van der Waals surface area contributed by atoms with Crippen LogP contribution in [0.3, 0.4) is 0 Å². The fraction of sp³-hybridized carbons (Fsp3) is 0.308. The Morgan fingerprint density at radius 2 is 2.24 bits per heavy atom. The molecule has 1 aliphatic heterocycles. The van der Waals surface area contributed by atoms with Gasteiger partial charge in [-0.2, -0.15) is 0 Å². The lowest BCUT2D eigenvalue weighted by Crippen LogP contribution is -2.35. The van der Waals surface area contributed by atoms with Gasteiger partial charge in [-0.3, -0.25) is 4.79 Å². The Balaban J connectivity index is 2.19. The van der Waals surface area contributed by atoms with Gasteiger partial charge in [0.2, 0.25) is 0 Å². The Kier molecular flexibility index (Phi) is 4.09. The van der Waals surface area contributed by atoms with E-state index in [0.29, 0.717) is 10.6 Å². The monoisotopic (exact) mass is 361 g/mol. The molecule has 0 atom stereocenters. The normalized spacial score (nSPS) is 15.7. The summed E-state index contributed by atoms with van der Waals surface area (Å²) in [6.07, 6.45) is 3.13. The molecular formula is C13H13ClINO. The summed E-state index contributed by atoms with van der Waals surface area (Å²) in [5.41, 5.74) is 1.92. The zero-order valence-electron chi connectivity index (χ0n) is 9.54. The number of carbonyl (C=O) groups excluding carboxylic acids is 1. The number of nitrogens with zero attached hydrogens (tertiary/aromatic N) is 1. The maximum atomic E-state index is 12.2. The molecule has 90 valence electrons. The summed E-state index contributed by atoms with van der Waals surface area (Å²) >= 11 is 8.19. The molecule has 1 aromatic carbocycles. The largest absolute Gasteiger partial charge is 0.334 e. The van der Waals surface area contributed by atoms with E-state index in [1.165, 1.54) is 5.57 Å². The van der Waals surface area contributed by atoms with Crippen LogP contribution < -0.4 is 0 Å². The molecular weight excluding hydrogens is 349 g/mol. The first-order valence-corrected chi connectivity index (χ1v) is 6.93. The highest BCUT2D eigenvalue weighted by atomic mass is 127. The second-order valence-corrected chi connectivity index (χ2v) is 5.76. The molecule has 0 fully saturated rings. The van der Waals surface area contributed by atoms with Crippen molar-refractivity contribution >= 4 is 40.1 Å². The van der Waals surface area contributed by atoms with E-state index in [0.717, 1.165) is 23.1 Å². The summed E-state index contributed by atoms with van der Waals surface area (Å²) in [4.78, 5) is 14.1. The van der Waals surface area contributed by atoms with Crippen LogP contribution in [0.4, 0.5) is 0 Å². The van der Waals surface area contributed by atoms with Crippen molar-refractivity contribution < 1.29 is 4.79 Å². The number of rotatable bonds is 1. The van der Waals surface area contributed by atoms with Crippen molar-refractivity contribution in [1.29, 1.82) is 0 Å². The SMILES string of the molecule is CC1=CCCN(C(=O)c2ccc(I)c(Cl)c2)C1. The van der Waals surface area contributed by atoms with Crippen molar-refractivity contribution in [2.24, 2.45) is 0 Å². The third-order valence-electron chi connectivity index (χ3n) is 2.79. The fourth-order valence-corrected chi connectivity index (χ4v) is 2.41. The smallest absolute Gasteiger partial charge is 0.254 e. The van der Waals surface area contributed by atoms with Crippen LogP contribution in [0, 0.1) is 3.57 Å². The summed E-state index contributed by atoms with van der Waals surface area (Å²) in [6.45, 7) is 3.57. The van der Waals surface area contributed by atoms with E-state index in [1.807, 2.05) is 17.0 Å². The highest BCUT2D eigenvalue weighted by molar-refractivity contribution is 14.1. The van der Waals surface area contributed by atoms with Gasteiger partial charge in [0.15, 0.2) is 0 Å². The van der Waals surface area contributed by atoms with Crippen LogP contribution in [0.1, 0.15) is 23.7 Å². The van der Waals surface area contributed by atoms with Crippen LogP contribution in [-0.2, 0) is 0 Å². The van der Waals surface area contributed by atoms with E-state index in [1.54, 1.807) is 6.07 Å². The topological polar surface area (TPSA) is 20.3 Å². The number of halogens is 2. The molecule has 0 saturated carbocycles. The lowest BCUT2D eigenvalue weighted by Gasteiger charge is -2.26. The molecule has 0 radical (unpaired) electrons. The first kappa shape index (κ1) is 12.9. The molecule has 1 amide bonds. The maximum absolute atomic E-state index is 12.2. The molecule has 17 heavy (non-hydrogen) atoms. The van der Waals surface area contributed by atoms with Crippen molar-refractivity contribution in [1.82, 2.24) is 4.90 Å². The summed E-state index contributed by atoms with van der Waals surface area (Å²) in [6, 6.07) is 5.46. The van der Waals surface area contributed by atoms with Gasteiger partial charge in [-0.25, -0.2) is 0 Å². The van der Waals surface area contributed by atoms with Gasteiger partial charge in [-0.1, -0.05) is 23.3 Å². The van der Waals surface area contributed by atoms with Crippen LogP contribution in [0.2, 0.25) is 5.02 Å². The average Bonchev–Trinajstić information content (AvgIpc) is 2.32. The van der Waals surface area contributed by atoms with Gasteiger partial charge in [0.25, 0.3) is 5.91 Å². The van der Waals surface area contributed by atoms with Crippen LogP contribution in [-0.4, -0.2) is 23.9 Å². The number of carbonyl (C=O) groups is 1. The van der Waals surface area contributed by atoms with E-state index in [-0.39, 0.29) is 5.91 Å². The van der Waals surface area contributed by atoms with Crippen LogP contribution >= 0.6 is 34.2 Å². The van der Waals surface area contributed by atoms with Gasteiger partial charge in [0.1, 0.15) is 0 Å². The standard InChI is InChI=1S/C13H13ClINO/c1-9-3-2-6-16(8-9)13(17)10-4-5-12(15)11(14)7-10/h3-5,7H,2,6,8H2,1H3. The molecule has 0 bridgehead atoms. The minimum absolute atomic E-state index is 0.0655. The number of amides is 1. The van der Waals surface area contributed by atoms with Crippen LogP contribution in [0.25, 0.3) is 0 Å². The number of hydrogen-bond acceptors (Lipinski definition) is 1. The predicted octanol–water partition coefficient (Wildman–Crippen LogP) is 3.74. The highest BCUT2D eigenvalue weighted by Crippen LogP contribution is 2.21. The molecule has 0 saturated heterocycles. The van der Waals surface area contributed by atoms with Crippen LogP contribution in [0.15, 0.2) is 29.8 Å². The number of benzene rings is 1. The Hall–Kier alpha value is -0.550. The first-order chi connectivity index (χ1) is 8.08. The van der Waals surface area contributed by atoms with Gasteiger partial charge < -0.3 is 4.90 Å². The van der Waals surface area contributed by atoms with Crippen molar-refractivity contribution in [2.45, 2.75) is 13.3 Å². The van der Waals surface area contributed by atoms with Gasteiger partial charge in [0, 0.05) is 22.2 Å². The third-order valence-corrected chi connectivity index (χ3v) is 4.36. The van der Waals surface area contributed by atoms with Crippen molar-refractivity contribution in [2.75, 3.05) is 13.1 Å². The molecule has 1 aromatic rings.